The molecule has 2 aliphatic rings. The minimum Gasteiger partial charge on any atom is -0.391 e. The first-order valence-electron chi connectivity index (χ1n) is 6.27. The highest BCUT2D eigenvalue weighted by Crippen LogP contribution is 2.28. The molecule has 1 amide bonds. The highest BCUT2D eigenvalue weighted by Gasteiger charge is 2.31. The van der Waals surface area contributed by atoms with Gasteiger partial charge in [0.15, 0.2) is 0 Å². The van der Waals surface area contributed by atoms with E-state index in [2.05, 4.69) is 6.92 Å². The molecule has 0 aliphatic carbocycles. The Kier molecular flexibility index (Phi) is 4.14. The Morgan fingerprint density at radius 1 is 1.38 bits per heavy atom. The van der Waals surface area contributed by atoms with E-state index in [1.807, 2.05) is 4.90 Å². The summed E-state index contributed by atoms with van der Waals surface area (Å²) in [5, 5.41) is 9.96. The molecule has 4 heteroatoms. The number of nitrogens with zero attached hydrogens (tertiary/aromatic N) is 1. The van der Waals surface area contributed by atoms with Gasteiger partial charge in [-0.1, -0.05) is 13.3 Å². The van der Waals surface area contributed by atoms with Gasteiger partial charge in [0, 0.05) is 13.1 Å². The van der Waals surface area contributed by atoms with E-state index in [4.69, 9.17) is 0 Å². The predicted molar refractivity (Wildman–Crippen MR) is 66.5 cm³/mol. The average molecular weight is 243 g/mol. The van der Waals surface area contributed by atoms with Gasteiger partial charge in [0.25, 0.3) is 0 Å². The molecule has 16 heavy (non-hydrogen) atoms. The summed E-state index contributed by atoms with van der Waals surface area (Å²) in [4.78, 5) is 14.1. The number of piperidine rings is 1. The summed E-state index contributed by atoms with van der Waals surface area (Å²) in [6, 6.07) is 0. The Balaban J connectivity index is 1.89. The molecule has 2 saturated heterocycles. The second-order valence-corrected chi connectivity index (χ2v) is 6.28. The molecule has 0 radical (unpaired) electrons. The summed E-state index contributed by atoms with van der Waals surface area (Å²) in [5.41, 5.74) is 0. The van der Waals surface area contributed by atoms with E-state index in [9.17, 15) is 9.90 Å². The quantitative estimate of drug-likeness (QED) is 0.759. The number of hydrogen-bond donors (Lipinski definition) is 1. The summed E-state index contributed by atoms with van der Waals surface area (Å²) < 4.78 is 0. The number of carbonyl (C=O) groups is 1. The van der Waals surface area contributed by atoms with Crippen LogP contribution in [0.1, 0.15) is 32.6 Å². The molecule has 0 aromatic rings. The van der Waals surface area contributed by atoms with Crippen LogP contribution in [0.5, 0.6) is 0 Å². The van der Waals surface area contributed by atoms with Gasteiger partial charge in [-0.3, -0.25) is 4.79 Å². The van der Waals surface area contributed by atoms with Crippen molar-refractivity contribution >= 4 is 17.7 Å². The van der Waals surface area contributed by atoms with Crippen molar-refractivity contribution in [3.05, 3.63) is 0 Å². The molecule has 0 saturated carbocycles. The molecule has 0 aromatic carbocycles. The van der Waals surface area contributed by atoms with Crippen molar-refractivity contribution in [2.75, 3.05) is 18.8 Å². The maximum absolute atomic E-state index is 12.2. The second-order valence-electron chi connectivity index (χ2n) is 4.97. The van der Waals surface area contributed by atoms with Gasteiger partial charge in [-0.15, -0.1) is 11.8 Å². The lowest BCUT2D eigenvalue weighted by Gasteiger charge is -2.36. The highest BCUT2D eigenvalue weighted by molar-refractivity contribution is 8.00. The molecule has 3 unspecified atom stereocenters. The molecule has 1 N–H and O–H groups in total. The first-order chi connectivity index (χ1) is 7.68. The van der Waals surface area contributed by atoms with E-state index in [1.165, 1.54) is 12.8 Å². The lowest BCUT2D eigenvalue weighted by Crippen LogP contribution is -2.49. The Labute approximate surface area is 102 Å². The SMILES string of the molecule is CC1CCN(C(=O)C2CCCCS2)CC1O. The maximum Gasteiger partial charge on any atom is 0.235 e. The van der Waals surface area contributed by atoms with Crippen LogP contribution in [-0.4, -0.2) is 46.1 Å². The van der Waals surface area contributed by atoms with Gasteiger partial charge in [0.2, 0.25) is 5.91 Å². The van der Waals surface area contributed by atoms with Crippen LogP contribution in [0.3, 0.4) is 0 Å². The Morgan fingerprint density at radius 2 is 2.19 bits per heavy atom. The van der Waals surface area contributed by atoms with Gasteiger partial charge in [0.05, 0.1) is 11.4 Å². The molecular formula is C12H21NO2S. The molecule has 0 bridgehead atoms. The molecule has 2 rings (SSSR count). The summed E-state index contributed by atoms with van der Waals surface area (Å²) in [5.74, 6) is 1.71. The molecule has 2 fully saturated rings. The number of likely N-dealkylation sites (tertiary alicyclic amines) is 1. The molecule has 3 nitrogen and oxygen atoms in total. The predicted octanol–water partition coefficient (Wildman–Crippen LogP) is 1.50. The number of hydrogen-bond acceptors (Lipinski definition) is 3. The van der Waals surface area contributed by atoms with Crippen molar-refractivity contribution in [2.24, 2.45) is 5.92 Å². The Bertz CT molecular complexity index is 253. The van der Waals surface area contributed by atoms with Gasteiger partial charge in [-0.05, 0) is 30.9 Å². The smallest absolute Gasteiger partial charge is 0.235 e. The zero-order chi connectivity index (χ0) is 11.5. The summed E-state index contributed by atoms with van der Waals surface area (Å²) >= 11 is 1.79. The average Bonchev–Trinajstić information content (AvgIpc) is 2.33. The van der Waals surface area contributed by atoms with E-state index in [1.54, 1.807) is 11.8 Å². The fraction of sp³-hybridized carbons (Fsp3) is 0.917. The number of aliphatic hydroxyl groups is 1. The second kappa shape index (κ2) is 5.41. The van der Waals surface area contributed by atoms with Crippen molar-refractivity contribution in [2.45, 2.75) is 44.0 Å². The number of amides is 1. The van der Waals surface area contributed by atoms with Crippen molar-refractivity contribution in [3.8, 4) is 0 Å². The molecule has 0 aromatic heterocycles. The number of thioether (sulfide) groups is 1. The van der Waals surface area contributed by atoms with Gasteiger partial charge in [-0.2, -0.15) is 0 Å². The third kappa shape index (κ3) is 2.72. The molecule has 3 atom stereocenters. The summed E-state index contributed by atoms with van der Waals surface area (Å²) in [7, 11) is 0. The largest absolute Gasteiger partial charge is 0.391 e. The zero-order valence-electron chi connectivity index (χ0n) is 9.89. The number of rotatable bonds is 1. The summed E-state index contributed by atoms with van der Waals surface area (Å²) in [6.45, 7) is 3.42. The molecule has 92 valence electrons. The van der Waals surface area contributed by atoms with Crippen molar-refractivity contribution in [1.82, 2.24) is 4.90 Å². The first-order valence-corrected chi connectivity index (χ1v) is 7.32. The lowest BCUT2D eigenvalue weighted by molar-refractivity contribution is -0.135. The maximum atomic E-state index is 12.2. The number of β-amino-alcohol motifs (C(OH)–C–C–N with tert-alkyl or cyclic N) is 1. The minimum absolute atomic E-state index is 0.161. The van der Waals surface area contributed by atoms with E-state index in [0.29, 0.717) is 12.5 Å². The van der Waals surface area contributed by atoms with Gasteiger partial charge in [-0.25, -0.2) is 0 Å². The third-order valence-corrected chi connectivity index (χ3v) is 5.05. The monoisotopic (exact) mass is 243 g/mol. The van der Waals surface area contributed by atoms with Crippen LogP contribution < -0.4 is 0 Å². The van der Waals surface area contributed by atoms with Crippen molar-refractivity contribution in [1.29, 1.82) is 0 Å². The highest BCUT2D eigenvalue weighted by atomic mass is 32.2. The van der Waals surface area contributed by atoms with Gasteiger partial charge >= 0.3 is 0 Å². The normalized spacial score (nSPS) is 36.1. The van der Waals surface area contributed by atoms with Crippen LogP contribution in [0.4, 0.5) is 0 Å². The number of aliphatic hydroxyl groups excluding tert-OH is 1. The molecule has 0 spiro atoms. The first kappa shape index (κ1) is 12.2. The number of carbonyl (C=O) groups excluding carboxylic acids is 1. The van der Waals surface area contributed by atoms with Crippen molar-refractivity contribution in [3.63, 3.8) is 0 Å². The third-order valence-electron chi connectivity index (χ3n) is 3.69. The minimum atomic E-state index is -0.328. The van der Waals surface area contributed by atoms with Crippen LogP contribution in [0.25, 0.3) is 0 Å². The topological polar surface area (TPSA) is 40.5 Å². The van der Waals surface area contributed by atoms with Crippen LogP contribution in [-0.2, 0) is 4.79 Å². The lowest BCUT2D eigenvalue weighted by atomic mass is 9.95. The molecular weight excluding hydrogens is 222 g/mol. The van der Waals surface area contributed by atoms with E-state index >= 15 is 0 Å². The van der Waals surface area contributed by atoms with Gasteiger partial charge in [0.1, 0.15) is 0 Å². The Morgan fingerprint density at radius 3 is 2.81 bits per heavy atom. The van der Waals surface area contributed by atoms with Crippen LogP contribution in [0.2, 0.25) is 0 Å². The fourth-order valence-electron chi connectivity index (χ4n) is 2.39. The van der Waals surface area contributed by atoms with Gasteiger partial charge < -0.3 is 10.0 Å². The molecule has 2 heterocycles. The fourth-order valence-corrected chi connectivity index (χ4v) is 3.67. The van der Waals surface area contributed by atoms with Crippen LogP contribution in [0.15, 0.2) is 0 Å². The standard InChI is InChI=1S/C12H21NO2S/c1-9-5-6-13(8-10(9)14)12(15)11-4-2-3-7-16-11/h9-11,14H,2-8H2,1H3. The van der Waals surface area contributed by atoms with E-state index in [0.717, 1.165) is 25.1 Å². The van der Waals surface area contributed by atoms with Crippen LogP contribution >= 0.6 is 11.8 Å². The van der Waals surface area contributed by atoms with Crippen molar-refractivity contribution < 1.29 is 9.90 Å². The van der Waals surface area contributed by atoms with E-state index < -0.39 is 0 Å². The Hall–Kier alpha value is -0.220. The van der Waals surface area contributed by atoms with E-state index in [-0.39, 0.29) is 17.3 Å². The van der Waals surface area contributed by atoms with Crippen LogP contribution in [0, 0.1) is 5.92 Å². The summed E-state index contributed by atoms with van der Waals surface area (Å²) in [6.07, 6.45) is 4.05. The zero-order valence-corrected chi connectivity index (χ0v) is 10.7. The molecule has 2 aliphatic heterocycles.